The molecule has 0 spiro atoms. The topological polar surface area (TPSA) is 73.1 Å². The summed E-state index contributed by atoms with van der Waals surface area (Å²) in [6, 6.07) is 8.02. The van der Waals surface area contributed by atoms with Crippen LogP contribution in [0.3, 0.4) is 0 Å². The van der Waals surface area contributed by atoms with Crippen LogP contribution in [0, 0.1) is 0 Å². The molecule has 1 saturated heterocycles. The minimum Gasteiger partial charge on any atom is -0.494 e. The van der Waals surface area contributed by atoms with Gasteiger partial charge in [0.05, 0.1) is 30.1 Å². The third-order valence-electron chi connectivity index (χ3n) is 4.64. The van der Waals surface area contributed by atoms with Crippen LogP contribution in [0.25, 0.3) is 11.3 Å². The zero-order chi connectivity index (χ0) is 18.6. The second-order valence-electron chi connectivity index (χ2n) is 6.47. The predicted octanol–water partition coefficient (Wildman–Crippen LogP) is 2.82. The third-order valence-corrected chi connectivity index (χ3v) is 5.27. The first-order valence-corrected chi connectivity index (χ1v) is 9.97. The molecule has 0 aliphatic carbocycles. The molecule has 0 bridgehead atoms. The lowest BCUT2D eigenvalue weighted by Gasteiger charge is -2.38. The molecule has 7 nitrogen and oxygen atoms in total. The van der Waals surface area contributed by atoms with Crippen molar-refractivity contribution in [3.63, 3.8) is 0 Å². The van der Waals surface area contributed by atoms with Crippen molar-refractivity contribution >= 4 is 17.2 Å². The van der Waals surface area contributed by atoms with Gasteiger partial charge in [-0.1, -0.05) is 5.21 Å². The molecule has 3 heterocycles. The molecule has 0 N–H and O–H groups in total. The normalized spacial score (nSPS) is 14.2. The van der Waals surface area contributed by atoms with Crippen molar-refractivity contribution in [2.75, 3.05) is 19.7 Å². The highest BCUT2D eigenvalue weighted by Crippen LogP contribution is 2.25. The smallest absolute Gasteiger partial charge is 0.223 e. The number of carbonyl (C=O) groups is 1. The lowest BCUT2D eigenvalue weighted by Crippen LogP contribution is -2.51. The molecule has 1 aliphatic rings. The summed E-state index contributed by atoms with van der Waals surface area (Å²) in [5.74, 6) is 1.02. The van der Waals surface area contributed by atoms with Gasteiger partial charge in [-0.2, -0.15) is 0 Å². The molecule has 27 heavy (non-hydrogen) atoms. The number of aromatic nitrogens is 4. The van der Waals surface area contributed by atoms with E-state index in [0.29, 0.717) is 32.5 Å². The fourth-order valence-corrected chi connectivity index (χ4v) is 3.65. The standard InChI is InChI=1S/C19H21N5O2S/c1-2-26-17-6-3-14(4-7-17)18-11-24(22-21-18)16-9-23(10-16)19(25)8-5-15-12-27-13-20-15/h3-4,6-7,11-13,16H,2,5,8-10H2,1H3. The van der Waals surface area contributed by atoms with Gasteiger partial charge in [0.15, 0.2) is 0 Å². The molecule has 1 aromatic carbocycles. The molecular weight excluding hydrogens is 362 g/mol. The van der Waals surface area contributed by atoms with Gasteiger partial charge in [-0.3, -0.25) is 4.79 Å². The van der Waals surface area contributed by atoms with E-state index >= 15 is 0 Å². The minimum atomic E-state index is 0.172. The van der Waals surface area contributed by atoms with Gasteiger partial charge in [-0.15, -0.1) is 16.4 Å². The van der Waals surface area contributed by atoms with E-state index in [9.17, 15) is 4.79 Å². The van der Waals surface area contributed by atoms with Crippen molar-refractivity contribution < 1.29 is 9.53 Å². The van der Waals surface area contributed by atoms with Crippen molar-refractivity contribution in [3.05, 3.63) is 47.0 Å². The molecule has 0 radical (unpaired) electrons. The summed E-state index contributed by atoms with van der Waals surface area (Å²) in [6.07, 6.45) is 3.15. The number of thiazole rings is 1. The average molecular weight is 383 g/mol. The van der Waals surface area contributed by atoms with Crippen molar-refractivity contribution in [2.45, 2.75) is 25.8 Å². The molecule has 0 atom stereocenters. The number of hydrogen-bond donors (Lipinski definition) is 0. The van der Waals surface area contributed by atoms with E-state index in [2.05, 4.69) is 15.3 Å². The minimum absolute atomic E-state index is 0.172. The molecule has 0 unspecified atom stereocenters. The quantitative estimate of drug-likeness (QED) is 0.627. The largest absolute Gasteiger partial charge is 0.494 e. The molecule has 0 saturated carbocycles. The first kappa shape index (κ1) is 17.7. The SMILES string of the molecule is CCOc1ccc(-c2cn(C3CN(C(=O)CCc4cscn4)C3)nn2)cc1. The average Bonchev–Trinajstić information content (AvgIpc) is 3.32. The summed E-state index contributed by atoms with van der Waals surface area (Å²) in [7, 11) is 0. The van der Waals surface area contributed by atoms with Crippen molar-refractivity contribution in [1.82, 2.24) is 24.9 Å². The van der Waals surface area contributed by atoms with E-state index in [1.807, 2.05) is 52.3 Å². The number of ether oxygens (including phenoxy) is 1. The second-order valence-corrected chi connectivity index (χ2v) is 7.19. The van der Waals surface area contributed by atoms with Crippen LogP contribution >= 0.6 is 11.3 Å². The maximum absolute atomic E-state index is 12.3. The Kier molecular flexibility index (Phi) is 5.15. The summed E-state index contributed by atoms with van der Waals surface area (Å²) in [5.41, 5.74) is 4.61. The van der Waals surface area contributed by atoms with Crippen LogP contribution < -0.4 is 4.74 Å². The Balaban J connectivity index is 1.30. The second kappa shape index (κ2) is 7.87. The summed E-state index contributed by atoms with van der Waals surface area (Å²) in [4.78, 5) is 18.3. The fraction of sp³-hybridized carbons (Fsp3) is 0.368. The van der Waals surface area contributed by atoms with Crippen molar-refractivity contribution in [2.24, 2.45) is 0 Å². The van der Waals surface area contributed by atoms with Gasteiger partial charge < -0.3 is 9.64 Å². The molecule has 4 rings (SSSR count). The Labute approximate surface area is 161 Å². The first-order chi connectivity index (χ1) is 13.2. The van der Waals surface area contributed by atoms with E-state index in [-0.39, 0.29) is 11.9 Å². The molecule has 8 heteroatoms. The van der Waals surface area contributed by atoms with E-state index < -0.39 is 0 Å². The lowest BCUT2D eigenvalue weighted by molar-refractivity contribution is -0.137. The molecule has 140 valence electrons. The van der Waals surface area contributed by atoms with Gasteiger partial charge >= 0.3 is 0 Å². The Morgan fingerprint density at radius 2 is 2.11 bits per heavy atom. The van der Waals surface area contributed by atoms with Crippen LogP contribution in [0.15, 0.2) is 41.4 Å². The number of carbonyl (C=O) groups excluding carboxylic acids is 1. The monoisotopic (exact) mass is 383 g/mol. The number of benzene rings is 1. The van der Waals surface area contributed by atoms with E-state index in [0.717, 1.165) is 22.7 Å². The van der Waals surface area contributed by atoms with E-state index in [1.165, 1.54) is 0 Å². The highest BCUT2D eigenvalue weighted by atomic mass is 32.1. The number of rotatable bonds is 7. The van der Waals surface area contributed by atoms with Crippen LogP contribution in [-0.4, -0.2) is 50.5 Å². The van der Waals surface area contributed by atoms with Crippen LogP contribution in [0.1, 0.15) is 25.1 Å². The van der Waals surface area contributed by atoms with Crippen LogP contribution in [0.5, 0.6) is 5.75 Å². The highest BCUT2D eigenvalue weighted by Gasteiger charge is 2.32. The maximum Gasteiger partial charge on any atom is 0.223 e. The number of likely N-dealkylation sites (tertiary alicyclic amines) is 1. The van der Waals surface area contributed by atoms with Gasteiger partial charge in [0.2, 0.25) is 5.91 Å². The zero-order valence-corrected chi connectivity index (χ0v) is 15.9. The first-order valence-electron chi connectivity index (χ1n) is 9.03. The van der Waals surface area contributed by atoms with Gasteiger partial charge in [0, 0.05) is 30.5 Å². The van der Waals surface area contributed by atoms with E-state index in [1.54, 1.807) is 16.8 Å². The van der Waals surface area contributed by atoms with Gasteiger partial charge in [0.1, 0.15) is 11.4 Å². The summed E-state index contributed by atoms with van der Waals surface area (Å²) in [5, 5.41) is 10.5. The fourth-order valence-electron chi connectivity index (χ4n) is 3.06. The summed E-state index contributed by atoms with van der Waals surface area (Å²) in [6.45, 7) is 3.98. The molecule has 1 amide bonds. The molecule has 1 fully saturated rings. The van der Waals surface area contributed by atoms with Crippen molar-refractivity contribution in [3.8, 4) is 17.0 Å². The highest BCUT2D eigenvalue weighted by molar-refractivity contribution is 7.07. The molecule has 3 aromatic rings. The summed E-state index contributed by atoms with van der Waals surface area (Å²) >= 11 is 1.56. The zero-order valence-electron chi connectivity index (χ0n) is 15.1. The number of nitrogens with zero attached hydrogens (tertiary/aromatic N) is 5. The van der Waals surface area contributed by atoms with Gasteiger partial charge in [-0.25, -0.2) is 9.67 Å². The van der Waals surface area contributed by atoms with Gasteiger partial charge in [-0.05, 0) is 37.6 Å². The molecule has 2 aromatic heterocycles. The van der Waals surface area contributed by atoms with Gasteiger partial charge in [0.25, 0.3) is 0 Å². The lowest BCUT2D eigenvalue weighted by atomic mass is 10.1. The Hall–Kier alpha value is -2.74. The predicted molar refractivity (Wildman–Crippen MR) is 103 cm³/mol. The molecule has 1 aliphatic heterocycles. The third kappa shape index (κ3) is 4.00. The van der Waals surface area contributed by atoms with Crippen molar-refractivity contribution in [1.29, 1.82) is 0 Å². The van der Waals surface area contributed by atoms with Crippen LogP contribution in [0.2, 0.25) is 0 Å². The number of aryl methyl sites for hydroxylation is 1. The maximum atomic E-state index is 12.3. The summed E-state index contributed by atoms with van der Waals surface area (Å²) < 4.78 is 7.32. The van der Waals surface area contributed by atoms with Crippen LogP contribution in [-0.2, 0) is 11.2 Å². The number of hydrogen-bond acceptors (Lipinski definition) is 6. The Bertz CT molecular complexity index is 885. The van der Waals surface area contributed by atoms with E-state index in [4.69, 9.17) is 4.74 Å². The Morgan fingerprint density at radius 3 is 2.81 bits per heavy atom. The van der Waals surface area contributed by atoms with Crippen LogP contribution in [0.4, 0.5) is 0 Å². The number of amides is 1. The molecular formula is C19H21N5O2S. The Morgan fingerprint density at radius 1 is 1.30 bits per heavy atom.